The molecule has 0 aliphatic carbocycles. The molecule has 108 valence electrons. The Hall–Kier alpha value is -1.89. The van der Waals surface area contributed by atoms with Crippen molar-refractivity contribution >= 4 is 34.1 Å². The van der Waals surface area contributed by atoms with Crippen LogP contribution in [-0.4, -0.2) is 35.7 Å². The van der Waals surface area contributed by atoms with Gasteiger partial charge in [0, 0.05) is 25.9 Å². The summed E-state index contributed by atoms with van der Waals surface area (Å²) in [5, 5.41) is 4.75. The van der Waals surface area contributed by atoms with Crippen molar-refractivity contribution in [3.8, 4) is 0 Å². The quantitative estimate of drug-likeness (QED) is 0.854. The molecular formula is C13H17N3O3S. The van der Waals surface area contributed by atoms with E-state index in [1.807, 2.05) is 0 Å². The van der Waals surface area contributed by atoms with Crippen LogP contribution in [0.3, 0.4) is 0 Å². The number of anilines is 1. The van der Waals surface area contributed by atoms with Crippen LogP contribution < -0.4 is 11.1 Å². The Bertz CT molecular complexity index is 521. The second-order valence-corrected chi connectivity index (χ2v) is 5.58. The third kappa shape index (κ3) is 3.57. The number of hydrogen-bond acceptors (Lipinski definition) is 4. The van der Waals surface area contributed by atoms with Gasteiger partial charge >= 0.3 is 0 Å². The van der Waals surface area contributed by atoms with E-state index in [2.05, 4.69) is 5.32 Å². The zero-order valence-corrected chi connectivity index (χ0v) is 11.9. The Morgan fingerprint density at radius 2 is 1.95 bits per heavy atom. The first-order chi connectivity index (χ1) is 9.58. The summed E-state index contributed by atoms with van der Waals surface area (Å²) in [7, 11) is 0. The molecule has 0 atom stereocenters. The molecule has 0 spiro atoms. The first-order valence-electron chi connectivity index (χ1n) is 6.53. The molecule has 0 unspecified atom stereocenters. The summed E-state index contributed by atoms with van der Waals surface area (Å²) < 4.78 is 0. The van der Waals surface area contributed by atoms with Crippen molar-refractivity contribution < 1.29 is 14.4 Å². The van der Waals surface area contributed by atoms with E-state index in [4.69, 9.17) is 5.73 Å². The maximum Gasteiger partial charge on any atom is 0.251 e. The Morgan fingerprint density at radius 3 is 2.60 bits per heavy atom. The van der Waals surface area contributed by atoms with Crippen LogP contribution in [0.5, 0.6) is 0 Å². The lowest BCUT2D eigenvalue weighted by atomic mass is 10.2. The van der Waals surface area contributed by atoms with Gasteiger partial charge in [-0.15, -0.1) is 11.3 Å². The number of primary amides is 1. The highest BCUT2D eigenvalue weighted by atomic mass is 32.1. The standard InChI is InChI=1S/C13H17N3O3S/c14-12(19)9-5-8-20-13(9)15-10(17)3-4-11(18)16-6-1-2-7-16/h5,8H,1-4,6-7H2,(H2,14,19)(H,15,17). The minimum Gasteiger partial charge on any atom is -0.366 e. The van der Waals surface area contributed by atoms with Crippen LogP contribution in [0.1, 0.15) is 36.0 Å². The van der Waals surface area contributed by atoms with E-state index < -0.39 is 5.91 Å². The zero-order chi connectivity index (χ0) is 14.5. The molecule has 1 saturated heterocycles. The summed E-state index contributed by atoms with van der Waals surface area (Å²) in [5.41, 5.74) is 5.50. The maximum absolute atomic E-state index is 11.8. The smallest absolute Gasteiger partial charge is 0.251 e. The monoisotopic (exact) mass is 295 g/mol. The van der Waals surface area contributed by atoms with Crippen molar-refractivity contribution in [1.29, 1.82) is 0 Å². The lowest BCUT2D eigenvalue weighted by Gasteiger charge is -2.14. The maximum atomic E-state index is 11.8. The number of thiophene rings is 1. The first-order valence-corrected chi connectivity index (χ1v) is 7.41. The molecule has 20 heavy (non-hydrogen) atoms. The van der Waals surface area contributed by atoms with E-state index >= 15 is 0 Å². The van der Waals surface area contributed by atoms with E-state index in [0.29, 0.717) is 10.6 Å². The molecule has 2 heterocycles. The predicted octanol–water partition coefficient (Wildman–Crippen LogP) is 1.19. The summed E-state index contributed by atoms with van der Waals surface area (Å²) in [4.78, 5) is 36.5. The molecule has 0 saturated carbocycles. The third-order valence-electron chi connectivity index (χ3n) is 3.21. The van der Waals surface area contributed by atoms with Gasteiger partial charge in [-0.25, -0.2) is 0 Å². The number of likely N-dealkylation sites (tertiary alicyclic amines) is 1. The summed E-state index contributed by atoms with van der Waals surface area (Å²) in [6.45, 7) is 1.58. The van der Waals surface area contributed by atoms with Gasteiger partial charge in [0.2, 0.25) is 11.8 Å². The molecule has 3 N–H and O–H groups in total. The largest absolute Gasteiger partial charge is 0.366 e. The van der Waals surface area contributed by atoms with Crippen molar-refractivity contribution in [3.63, 3.8) is 0 Å². The average Bonchev–Trinajstić information content (AvgIpc) is 3.06. The van der Waals surface area contributed by atoms with E-state index in [-0.39, 0.29) is 24.7 Å². The summed E-state index contributed by atoms with van der Waals surface area (Å²) in [5.74, 6) is -0.837. The zero-order valence-electron chi connectivity index (χ0n) is 11.1. The molecule has 0 bridgehead atoms. The summed E-state index contributed by atoms with van der Waals surface area (Å²) in [6, 6.07) is 1.57. The molecule has 0 radical (unpaired) electrons. The van der Waals surface area contributed by atoms with Crippen LogP contribution in [0.25, 0.3) is 0 Å². The van der Waals surface area contributed by atoms with E-state index in [1.165, 1.54) is 11.3 Å². The molecule has 1 aliphatic rings. The topological polar surface area (TPSA) is 92.5 Å². The first kappa shape index (κ1) is 14.5. The van der Waals surface area contributed by atoms with Crippen LogP contribution in [-0.2, 0) is 9.59 Å². The van der Waals surface area contributed by atoms with Gasteiger partial charge in [-0.1, -0.05) is 0 Å². The molecule has 3 amide bonds. The van der Waals surface area contributed by atoms with Crippen LogP contribution in [0.4, 0.5) is 5.00 Å². The van der Waals surface area contributed by atoms with Crippen LogP contribution in [0.2, 0.25) is 0 Å². The van der Waals surface area contributed by atoms with Gasteiger partial charge in [0.05, 0.1) is 5.56 Å². The molecule has 1 aromatic heterocycles. The Kier molecular flexibility index (Phi) is 4.73. The number of carbonyl (C=O) groups excluding carboxylic acids is 3. The van der Waals surface area contributed by atoms with Crippen LogP contribution in [0.15, 0.2) is 11.4 Å². The highest BCUT2D eigenvalue weighted by Crippen LogP contribution is 2.23. The highest BCUT2D eigenvalue weighted by Gasteiger charge is 2.19. The lowest BCUT2D eigenvalue weighted by molar-refractivity contribution is -0.131. The Morgan fingerprint density at radius 1 is 1.25 bits per heavy atom. The number of hydrogen-bond donors (Lipinski definition) is 2. The van der Waals surface area contributed by atoms with E-state index in [9.17, 15) is 14.4 Å². The van der Waals surface area contributed by atoms with Gasteiger partial charge in [-0.2, -0.15) is 0 Å². The average molecular weight is 295 g/mol. The molecular weight excluding hydrogens is 278 g/mol. The normalized spacial score (nSPS) is 14.3. The van der Waals surface area contributed by atoms with Gasteiger partial charge in [-0.05, 0) is 24.3 Å². The van der Waals surface area contributed by atoms with Crippen molar-refractivity contribution in [2.24, 2.45) is 5.73 Å². The van der Waals surface area contributed by atoms with Gasteiger partial charge in [-0.3, -0.25) is 14.4 Å². The molecule has 1 aliphatic heterocycles. The predicted molar refractivity (Wildman–Crippen MR) is 76.5 cm³/mol. The number of nitrogens with two attached hydrogens (primary N) is 1. The molecule has 7 heteroatoms. The number of carbonyl (C=O) groups is 3. The van der Waals surface area contributed by atoms with Crippen molar-refractivity contribution in [2.75, 3.05) is 18.4 Å². The Labute approximate surface area is 120 Å². The SMILES string of the molecule is NC(=O)c1ccsc1NC(=O)CCC(=O)N1CCCC1. The minimum absolute atomic E-state index is 0.0129. The lowest BCUT2D eigenvalue weighted by Crippen LogP contribution is -2.28. The summed E-state index contributed by atoms with van der Waals surface area (Å²) >= 11 is 1.24. The van der Waals surface area contributed by atoms with Gasteiger partial charge in [0.1, 0.15) is 5.00 Å². The highest BCUT2D eigenvalue weighted by molar-refractivity contribution is 7.14. The molecule has 6 nitrogen and oxygen atoms in total. The molecule has 1 aromatic rings. The van der Waals surface area contributed by atoms with Crippen molar-refractivity contribution in [1.82, 2.24) is 4.90 Å². The minimum atomic E-state index is -0.574. The van der Waals surface area contributed by atoms with Crippen molar-refractivity contribution in [3.05, 3.63) is 17.0 Å². The fourth-order valence-corrected chi connectivity index (χ4v) is 2.94. The molecule has 0 aromatic carbocycles. The fraction of sp³-hybridized carbons (Fsp3) is 0.462. The van der Waals surface area contributed by atoms with Crippen LogP contribution >= 0.6 is 11.3 Å². The number of nitrogens with zero attached hydrogens (tertiary/aromatic N) is 1. The summed E-state index contributed by atoms with van der Waals surface area (Å²) in [6.07, 6.45) is 2.39. The number of nitrogens with one attached hydrogen (secondary N) is 1. The van der Waals surface area contributed by atoms with Gasteiger partial charge < -0.3 is 16.0 Å². The molecule has 2 rings (SSSR count). The Balaban J connectivity index is 1.81. The third-order valence-corrected chi connectivity index (χ3v) is 4.04. The van der Waals surface area contributed by atoms with E-state index in [1.54, 1.807) is 16.3 Å². The number of amides is 3. The van der Waals surface area contributed by atoms with E-state index in [0.717, 1.165) is 25.9 Å². The van der Waals surface area contributed by atoms with Gasteiger partial charge in [0.15, 0.2) is 0 Å². The number of rotatable bonds is 5. The second kappa shape index (κ2) is 6.51. The van der Waals surface area contributed by atoms with Gasteiger partial charge in [0.25, 0.3) is 5.91 Å². The van der Waals surface area contributed by atoms with Crippen LogP contribution in [0, 0.1) is 0 Å². The fourth-order valence-electron chi connectivity index (χ4n) is 2.13. The van der Waals surface area contributed by atoms with Crippen molar-refractivity contribution in [2.45, 2.75) is 25.7 Å². The molecule has 1 fully saturated rings. The second-order valence-electron chi connectivity index (χ2n) is 4.66.